The third-order valence-corrected chi connectivity index (χ3v) is 5.57. The van der Waals surface area contributed by atoms with E-state index in [9.17, 15) is 14.4 Å². The van der Waals surface area contributed by atoms with E-state index in [1.807, 2.05) is 39.0 Å². The van der Waals surface area contributed by atoms with Gasteiger partial charge < -0.3 is 5.73 Å². The van der Waals surface area contributed by atoms with E-state index in [0.717, 1.165) is 49.7 Å². The largest absolute Gasteiger partial charge is 0.383 e. The van der Waals surface area contributed by atoms with E-state index >= 15 is 0 Å². The summed E-state index contributed by atoms with van der Waals surface area (Å²) in [7, 11) is 0. The van der Waals surface area contributed by atoms with E-state index in [4.69, 9.17) is 5.73 Å². The smallest absolute Gasteiger partial charge is 0.330 e. The lowest BCUT2D eigenvalue weighted by atomic mass is 10.0. The van der Waals surface area contributed by atoms with Gasteiger partial charge in [-0.2, -0.15) is 0 Å². The number of nitrogens with zero attached hydrogens (tertiary/aromatic N) is 2. The molecular weight excluding hydrogens is 368 g/mol. The summed E-state index contributed by atoms with van der Waals surface area (Å²) in [5.41, 5.74) is 7.76. The molecule has 2 aromatic rings. The number of amides is 1. The van der Waals surface area contributed by atoms with E-state index < -0.39 is 11.2 Å². The minimum atomic E-state index is -0.607. The molecule has 3 rings (SSSR count). The maximum absolute atomic E-state index is 13.6. The van der Waals surface area contributed by atoms with Crippen LogP contribution in [-0.2, 0) is 6.54 Å². The first-order valence-corrected chi connectivity index (χ1v) is 10.4. The Morgan fingerprint density at radius 2 is 1.79 bits per heavy atom. The Labute approximate surface area is 170 Å². The second-order valence-electron chi connectivity index (χ2n) is 7.99. The summed E-state index contributed by atoms with van der Waals surface area (Å²) < 4.78 is 1.37. The number of anilines is 2. The van der Waals surface area contributed by atoms with Crippen LogP contribution < -0.4 is 21.9 Å². The molecule has 0 spiro atoms. The van der Waals surface area contributed by atoms with E-state index in [1.165, 1.54) is 9.47 Å². The number of carbonyl (C=O) groups excluding carboxylic acids is 1. The van der Waals surface area contributed by atoms with Gasteiger partial charge in [0.15, 0.2) is 5.69 Å². The van der Waals surface area contributed by atoms with Gasteiger partial charge in [0.05, 0.1) is 0 Å². The SMILES string of the molecule is CCCCn1c(N)c(N(C(=O)c2cc(C)cc(C)c2)C2CCCC2)c(=O)[nH]c1=O. The molecule has 1 amide bonds. The van der Waals surface area contributed by atoms with Crippen LogP contribution >= 0.6 is 0 Å². The molecule has 1 aliphatic carbocycles. The molecule has 7 heteroatoms. The fraction of sp³-hybridized carbons (Fsp3) is 0.500. The molecule has 1 saturated carbocycles. The number of H-pyrrole nitrogens is 1. The van der Waals surface area contributed by atoms with Crippen LogP contribution in [0.4, 0.5) is 11.5 Å². The second-order valence-corrected chi connectivity index (χ2v) is 7.99. The van der Waals surface area contributed by atoms with Gasteiger partial charge in [-0.15, -0.1) is 0 Å². The van der Waals surface area contributed by atoms with Gasteiger partial charge in [-0.25, -0.2) is 4.79 Å². The summed E-state index contributed by atoms with van der Waals surface area (Å²) in [6, 6.07) is 5.55. The molecule has 1 fully saturated rings. The van der Waals surface area contributed by atoms with Crippen molar-refractivity contribution in [2.45, 2.75) is 71.9 Å². The third-order valence-electron chi connectivity index (χ3n) is 5.57. The van der Waals surface area contributed by atoms with Gasteiger partial charge in [-0.1, -0.05) is 43.4 Å². The van der Waals surface area contributed by atoms with E-state index in [2.05, 4.69) is 4.98 Å². The van der Waals surface area contributed by atoms with Crippen LogP contribution in [0.1, 0.15) is 66.9 Å². The maximum Gasteiger partial charge on any atom is 0.330 e. The number of hydrogen-bond donors (Lipinski definition) is 2. The number of hydrogen-bond acceptors (Lipinski definition) is 4. The van der Waals surface area contributed by atoms with E-state index in [1.54, 1.807) is 0 Å². The highest BCUT2D eigenvalue weighted by molar-refractivity contribution is 6.07. The number of rotatable bonds is 6. The Bertz CT molecular complexity index is 995. The number of aromatic amines is 1. The van der Waals surface area contributed by atoms with Crippen LogP contribution in [0.5, 0.6) is 0 Å². The predicted octanol–water partition coefficient (Wildman–Crippen LogP) is 3.13. The highest BCUT2D eigenvalue weighted by Gasteiger charge is 2.33. The molecule has 1 aromatic carbocycles. The Balaban J connectivity index is 2.16. The van der Waals surface area contributed by atoms with Crippen molar-refractivity contribution in [1.82, 2.24) is 9.55 Å². The van der Waals surface area contributed by atoms with Crippen molar-refractivity contribution in [3.8, 4) is 0 Å². The molecule has 1 aromatic heterocycles. The molecule has 7 nitrogen and oxygen atoms in total. The molecular formula is C22H30N4O3. The number of nitrogens with one attached hydrogen (secondary N) is 1. The van der Waals surface area contributed by atoms with Crippen LogP contribution in [0.25, 0.3) is 0 Å². The zero-order chi connectivity index (χ0) is 21.1. The monoisotopic (exact) mass is 398 g/mol. The number of carbonyl (C=O) groups is 1. The Kier molecular flexibility index (Phi) is 6.25. The summed E-state index contributed by atoms with van der Waals surface area (Å²) in [4.78, 5) is 42.6. The number of unbranched alkanes of at least 4 members (excludes halogenated alkanes) is 1. The first kappa shape index (κ1) is 20.9. The molecule has 0 radical (unpaired) electrons. The topological polar surface area (TPSA) is 101 Å². The Morgan fingerprint density at radius 3 is 2.38 bits per heavy atom. The second kappa shape index (κ2) is 8.68. The third kappa shape index (κ3) is 4.28. The van der Waals surface area contributed by atoms with Crippen LogP contribution in [0.2, 0.25) is 0 Å². The normalized spacial score (nSPS) is 14.3. The number of nitrogens with two attached hydrogens (primary N) is 1. The lowest BCUT2D eigenvalue weighted by molar-refractivity contribution is 0.0976. The van der Waals surface area contributed by atoms with Crippen molar-refractivity contribution in [2.24, 2.45) is 0 Å². The van der Waals surface area contributed by atoms with Crippen LogP contribution in [0.3, 0.4) is 0 Å². The lowest BCUT2D eigenvalue weighted by Crippen LogP contribution is -2.45. The van der Waals surface area contributed by atoms with Crippen molar-refractivity contribution >= 4 is 17.4 Å². The summed E-state index contributed by atoms with van der Waals surface area (Å²) in [5, 5.41) is 0. The molecule has 29 heavy (non-hydrogen) atoms. The molecule has 0 bridgehead atoms. The van der Waals surface area contributed by atoms with Gasteiger partial charge in [0.2, 0.25) is 0 Å². The molecule has 0 aliphatic heterocycles. The van der Waals surface area contributed by atoms with Gasteiger partial charge in [-0.05, 0) is 45.2 Å². The van der Waals surface area contributed by atoms with Crippen molar-refractivity contribution < 1.29 is 4.79 Å². The van der Waals surface area contributed by atoms with Gasteiger partial charge >= 0.3 is 5.69 Å². The van der Waals surface area contributed by atoms with E-state index in [0.29, 0.717) is 12.1 Å². The summed E-state index contributed by atoms with van der Waals surface area (Å²) in [6.07, 6.45) is 5.24. The molecule has 1 aliphatic rings. The van der Waals surface area contributed by atoms with Crippen LogP contribution in [-0.4, -0.2) is 21.5 Å². The first-order chi connectivity index (χ1) is 13.8. The van der Waals surface area contributed by atoms with E-state index in [-0.39, 0.29) is 23.5 Å². The number of nitrogen functional groups attached to an aromatic ring is 1. The summed E-state index contributed by atoms with van der Waals surface area (Å²) in [6.45, 7) is 6.30. The molecule has 0 unspecified atom stereocenters. The van der Waals surface area contributed by atoms with Crippen molar-refractivity contribution in [1.29, 1.82) is 0 Å². The Morgan fingerprint density at radius 1 is 1.17 bits per heavy atom. The van der Waals surface area contributed by atoms with Crippen LogP contribution in [0, 0.1) is 13.8 Å². The van der Waals surface area contributed by atoms with Crippen LogP contribution in [0.15, 0.2) is 27.8 Å². The number of benzene rings is 1. The predicted molar refractivity (Wildman–Crippen MR) is 116 cm³/mol. The van der Waals surface area contributed by atoms with Crippen molar-refractivity contribution in [3.63, 3.8) is 0 Å². The molecule has 3 N–H and O–H groups in total. The zero-order valence-corrected chi connectivity index (χ0v) is 17.5. The zero-order valence-electron chi connectivity index (χ0n) is 17.5. The van der Waals surface area contributed by atoms with Crippen molar-refractivity contribution in [2.75, 3.05) is 10.6 Å². The average Bonchev–Trinajstić information content (AvgIpc) is 3.17. The van der Waals surface area contributed by atoms with Crippen molar-refractivity contribution in [3.05, 3.63) is 55.7 Å². The maximum atomic E-state index is 13.6. The van der Waals surface area contributed by atoms with Gasteiger partial charge in [-0.3, -0.25) is 24.0 Å². The standard InChI is InChI=1S/C22H30N4O3/c1-4-5-10-25-19(23)18(20(27)24-22(25)29)26(17-8-6-7-9-17)21(28)16-12-14(2)11-15(3)13-16/h11-13,17H,4-10,23H2,1-3H3,(H,24,27,29). The quantitative estimate of drug-likeness (QED) is 0.780. The van der Waals surface area contributed by atoms with Gasteiger partial charge in [0.1, 0.15) is 5.82 Å². The molecule has 0 atom stereocenters. The molecule has 0 saturated heterocycles. The summed E-state index contributed by atoms with van der Waals surface area (Å²) >= 11 is 0. The fourth-order valence-corrected chi connectivity index (χ4v) is 4.20. The first-order valence-electron chi connectivity index (χ1n) is 10.4. The highest BCUT2D eigenvalue weighted by Crippen LogP contribution is 2.31. The molecule has 1 heterocycles. The number of aromatic nitrogens is 2. The molecule has 156 valence electrons. The lowest BCUT2D eigenvalue weighted by Gasteiger charge is -2.30. The number of aryl methyl sites for hydroxylation is 2. The fourth-order valence-electron chi connectivity index (χ4n) is 4.20. The van der Waals surface area contributed by atoms with Gasteiger partial charge in [0, 0.05) is 18.2 Å². The highest BCUT2D eigenvalue weighted by atomic mass is 16.2. The minimum absolute atomic E-state index is 0.0665. The minimum Gasteiger partial charge on any atom is -0.383 e. The Hall–Kier alpha value is -2.83. The summed E-state index contributed by atoms with van der Waals surface area (Å²) in [5.74, 6) is -0.182. The average molecular weight is 399 g/mol. The van der Waals surface area contributed by atoms with Gasteiger partial charge in [0.25, 0.3) is 11.5 Å².